The van der Waals surface area contributed by atoms with Crippen molar-refractivity contribution in [2.24, 2.45) is 10.2 Å². The van der Waals surface area contributed by atoms with Crippen LogP contribution in [0.3, 0.4) is 0 Å². The number of nitrogens with zero attached hydrogens (tertiary/aromatic N) is 5. The Bertz CT molecular complexity index is 876. The van der Waals surface area contributed by atoms with Gasteiger partial charge in [-0.25, -0.2) is 0 Å². The van der Waals surface area contributed by atoms with E-state index in [2.05, 4.69) is 21.2 Å². The molecule has 8 heteroatoms. The summed E-state index contributed by atoms with van der Waals surface area (Å²) in [6.07, 6.45) is 0.465. The Morgan fingerprint density at radius 1 is 1.23 bits per heavy atom. The van der Waals surface area contributed by atoms with Crippen molar-refractivity contribution in [3.05, 3.63) is 57.1 Å². The van der Waals surface area contributed by atoms with Crippen molar-refractivity contribution >= 4 is 34.4 Å². The lowest BCUT2D eigenvalue weighted by Crippen LogP contribution is -2.23. The molecule has 0 bridgehead atoms. The zero-order valence-electron chi connectivity index (χ0n) is 14.5. The Kier molecular flexibility index (Phi) is 6.64. The van der Waals surface area contributed by atoms with Crippen LogP contribution >= 0.6 is 11.6 Å². The number of hydrogen-bond donors (Lipinski definition) is 0. The van der Waals surface area contributed by atoms with E-state index in [0.717, 1.165) is 17.8 Å². The summed E-state index contributed by atoms with van der Waals surface area (Å²) in [7, 11) is 0. The molecule has 0 aliphatic heterocycles. The number of aryl methyl sites for hydroxylation is 1. The van der Waals surface area contributed by atoms with Crippen molar-refractivity contribution in [3.63, 3.8) is 0 Å². The van der Waals surface area contributed by atoms with Gasteiger partial charge in [0.1, 0.15) is 5.69 Å². The molecule has 7 nitrogen and oxygen atoms in total. The van der Waals surface area contributed by atoms with E-state index in [1.165, 1.54) is 18.2 Å². The summed E-state index contributed by atoms with van der Waals surface area (Å²) < 4.78 is 0. The third-order valence-corrected chi connectivity index (χ3v) is 4.13. The van der Waals surface area contributed by atoms with Crippen LogP contribution in [-0.2, 0) is 0 Å². The van der Waals surface area contributed by atoms with Gasteiger partial charge in [0, 0.05) is 30.9 Å². The lowest BCUT2D eigenvalue weighted by atomic mass is 10.1. The highest BCUT2D eigenvalue weighted by Gasteiger charge is 2.10. The fourth-order valence-electron chi connectivity index (χ4n) is 2.40. The number of nitro benzene ring substituents is 1. The van der Waals surface area contributed by atoms with E-state index in [4.69, 9.17) is 16.9 Å². The summed E-state index contributed by atoms with van der Waals surface area (Å²) in [4.78, 5) is 12.3. The van der Waals surface area contributed by atoms with Gasteiger partial charge in [-0.1, -0.05) is 11.6 Å². The van der Waals surface area contributed by atoms with Crippen molar-refractivity contribution in [2.45, 2.75) is 20.3 Å². The third-order valence-electron chi connectivity index (χ3n) is 3.83. The van der Waals surface area contributed by atoms with Gasteiger partial charge in [-0.05, 0) is 43.7 Å². The van der Waals surface area contributed by atoms with Crippen LogP contribution in [0.1, 0.15) is 18.9 Å². The largest absolute Gasteiger partial charge is 0.371 e. The molecule has 0 spiro atoms. The molecule has 0 saturated carbocycles. The minimum atomic E-state index is -0.512. The summed E-state index contributed by atoms with van der Waals surface area (Å²) >= 11 is 6.02. The molecular formula is C18H18ClN5O2. The van der Waals surface area contributed by atoms with Crippen molar-refractivity contribution in [1.29, 1.82) is 5.26 Å². The maximum Gasteiger partial charge on any atom is 0.271 e. The van der Waals surface area contributed by atoms with Crippen LogP contribution in [0.5, 0.6) is 0 Å². The van der Waals surface area contributed by atoms with Crippen LogP contribution < -0.4 is 4.90 Å². The maximum absolute atomic E-state index is 10.7. The van der Waals surface area contributed by atoms with Gasteiger partial charge in [-0.15, -0.1) is 5.11 Å². The molecular weight excluding hydrogens is 354 g/mol. The van der Waals surface area contributed by atoms with E-state index in [0.29, 0.717) is 24.3 Å². The summed E-state index contributed by atoms with van der Waals surface area (Å²) in [5, 5.41) is 28.0. The predicted molar refractivity (Wildman–Crippen MR) is 102 cm³/mol. The van der Waals surface area contributed by atoms with E-state index in [1.807, 2.05) is 32.0 Å². The number of anilines is 1. The molecule has 26 heavy (non-hydrogen) atoms. The molecule has 2 aromatic carbocycles. The topological polar surface area (TPSA) is 94.9 Å². The van der Waals surface area contributed by atoms with Gasteiger partial charge in [-0.2, -0.15) is 10.4 Å². The third kappa shape index (κ3) is 4.77. The van der Waals surface area contributed by atoms with E-state index in [-0.39, 0.29) is 10.7 Å². The van der Waals surface area contributed by atoms with Gasteiger partial charge in [0.25, 0.3) is 5.69 Å². The highest BCUT2D eigenvalue weighted by atomic mass is 35.5. The molecule has 2 aromatic rings. The minimum absolute atomic E-state index is 0.0912. The molecule has 0 fully saturated rings. The SMILES string of the molecule is CCN(CCC#N)c1ccc(N=Nc2ccc([N+](=O)[O-])cc2Cl)c(C)c1. The Balaban J connectivity index is 2.21. The fourth-order valence-corrected chi connectivity index (χ4v) is 2.61. The molecule has 0 aliphatic carbocycles. The monoisotopic (exact) mass is 371 g/mol. The summed E-state index contributed by atoms with van der Waals surface area (Å²) in [6, 6.07) is 12.0. The van der Waals surface area contributed by atoms with Crippen LogP contribution in [-0.4, -0.2) is 18.0 Å². The molecule has 134 valence electrons. The van der Waals surface area contributed by atoms with Gasteiger partial charge in [0.05, 0.1) is 28.1 Å². The number of nitro groups is 1. The standard InChI is InChI=1S/C18H18ClN5O2/c1-3-23(10-4-9-20)14-5-7-17(13(2)11-14)21-22-18-8-6-15(24(25)26)12-16(18)19/h5-8,11-12H,3-4,10H2,1-2H3. The van der Waals surface area contributed by atoms with E-state index >= 15 is 0 Å². The van der Waals surface area contributed by atoms with Crippen LogP contribution in [0.15, 0.2) is 46.6 Å². The van der Waals surface area contributed by atoms with E-state index in [1.54, 1.807) is 0 Å². The van der Waals surface area contributed by atoms with Crippen molar-refractivity contribution < 1.29 is 4.92 Å². The van der Waals surface area contributed by atoms with Gasteiger partial charge < -0.3 is 4.90 Å². The van der Waals surface area contributed by atoms with E-state index < -0.39 is 4.92 Å². The quantitative estimate of drug-likeness (QED) is 0.353. The Hall–Kier alpha value is -2.98. The predicted octanol–water partition coefficient (Wildman–Crippen LogP) is 5.71. The number of hydrogen-bond acceptors (Lipinski definition) is 6. The number of non-ortho nitro benzene ring substituents is 1. The van der Waals surface area contributed by atoms with Crippen LogP contribution in [0.2, 0.25) is 5.02 Å². The molecule has 0 aromatic heterocycles. The molecule has 0 unspecified atom stereocenters. The second-order valence-electron chi connectivity index (χ2n) is 5.55. The average Bonchev–Trinajstić information content (AvgIpc) is 2.62. The Morgan fingerprint density at radius 2 is 1.92 bits per heavy atom. The zero-order chi connectivity index (χ0) is 19.1. The zero-order valence-corrected chi connectivity index (χ0v) is 15.3. The number of rotatable bonds is 7. The molecule has 0 saturated heterocycles. The lowest BCUT2D eigenvalue weighted by Gasteiger charge is -2.22. The van der Waals surface area contributed by atoms with Crippen LogP contribution in [0.25, 0.3) is 0 Å². The average molecular weight is 372 g/mol. The minimum Gasteiger partial charge on any atom is -0.371 e. The van der Waals surface area contributed by atoms with Gasteiger partial charge in [0.15, 0.2) is 0 Å². The van der Waals surface area contributed by atoms with E-state index in [9.17, 15) is 10.1 Å². The van der Waals surface area contributed by atoms with Gasteiger partial charge in [-0.3, -0.25) is 10.1 Å². The van der Waals surface area contributed by atoms with Gasteiger partial charge in [0.2, 0.25) is 0 Å². The normalized spacial score (nSPS) is 10.7. The second-order valence-corrected chi connectivity index (χ2v) is 5.96. The number of benzene rings is 2. The highest BCUT2D eigenvalue weighted by Crippen LogP contribution is 2.32. The lowest BCUT2D eigenvalue weighted by molar-refractivity contribution is -0.384. The Morgan fingerprint density at radius 3 is 2.50 bits per heavy atom. The first-order valence-corrected chi connectivity index (χ1v) is 8.42. The second kappa shape index (κ2) is 8.92. The van der Waals surface area contributed by atoms with Crippen LogP contribution in [0.4, 0.5) is 22.7 Å². The molecule has 2 rings (SSSR count). The molecule has 0 aliphatic rings. The van der Waals surface area contributed by atoms with Crippen LogP contribution in [0, 0.1) is 28.4 Å². The summed E-state index contributed by atoms with van der Waals surface area (Å²) in [6.45, 7) is 5.44. The molecule has 0 amide bonds. The highest BCUT2D eigenvalue weighted by molar-refractivity contribution is 6.33. The smallest absolute Gasteiger partial charge is 0.271 e. The van der Waals surface area contributed by atoms with Crippen molar-refractivity contribution in [1.82, 2.24) is 0 Å². The number of halogens is 1. The van der Waals surface area contributed by atoms with Crippen molar-refractivity contribution in [2.75, 3.05) is 18.0 Å². The molecule has 0 atom stereocenters. The maximum atomic E-state index is 10.7. The Labute approximate surface area is 156 Å². The van der Waals surface area contributed by atoms with Gasteiger partial charge >= 0.3 is 0 Å². The van der Waals surface area contributed by atoms with Crippen molar-refractivity contribution in [3.8, 4) is 6.07 Å². The molecule has 0 N–H and O–H groups in total. The summed E-state index contributed by atoms with van der Waals surface area (Å²) in [5.74, 6) is 0. The number of azo groups is 1. The first-order chi connectivity index (χ1) is 12.5. The fraction of sp³-hybridized carbons (Fsp3) is 0.278. The molecule has 0 heterocycles. The number of nitriles is 1. The molecule has 0 radical (unpaired) electrons. The summed E-state index contributed by atoms with van der Waals surface area (Å²) in [5.41, 5.74) is 2.91. The first kappa shape index (κ1) is 19.3. The first-order valence-electron chi connectivity index (χ1n) is 8.04.